The van der Waals surface area contributed by atoms with Crippen LogP contribution in [0.25, 0.3) is 0 Å². The second-order valence-electron chi connectivity index (χ2n) is 3.50. The Morgan fingerprint density at radius 2 is 2.33 bits per heavy atom. The molecule has 0 radical (unpaired) electrons. The van der Waals surface area contributed by atoms with E-state index >= 15 is 0 Å². The molecule has 1 aliphatic rings. The van der Waals surface area contributed by atoms with Gasteiger partial charge in [0.1, 0.15) is 0 Å². The van der Waals surface area contributed by atoms with Gasteiger partial charge in [-0.15, -0.1) is 0 Å². The fourth-order valence-electron chi connectivity index (χ4n) is 1.65. The first-order valence-electron chi connectivity index (χ1n) is 4.25. The summed E-state index contributed by atoms with van der Waals surface area (Å²) < 4.78 is 5.29. The molecule has 0 saturated carbocycles. The van der Waals surface area contributed by atoms with Crippen molar-refractivity contribution in [2.75, 3.05) is 19.8 Å². The van der Waals surface area contributed by atoms with Gasteiger partial charge in [-0.1, -0.05) is 0 Å². The number of nitrogens with two attached hydrogens (primary N) is 2. The van der Waals surface area contributed by atoms with E-state index in [4.69, 9.17) is 16.2 Å². The Kier molecular flexibility index (Phi) is 3.05. The highest BCUT2D eigenvalue weighted by molar-refractivity contribution is 5.74. The Hall–Kier alpha value is -0.610. The third kappa shape index (κ3) is 2.19. The summed E-state index contributed by atoms with van der Waals surface area (Å²) in [5, 5.41) is 0. The molecule has 1 saturated heterocycles. The summed E-state index contributed by atoms with van der Waals surface area (Å²) in [4.78, 5) is 10.7. The van der Waals surface area contributed by atoms with E-state index in [-0.39, 0.29) is 11.3 Å². The first-order chi connectivity index (χ1) is 5.68. The average molecular weight is 172 g/mol. The Bertz CT molecular complexity index is 164. The van der Waals surface area contributed by atoms with Gasteiger partial charge in [-0.25, -0.2) is 0 Å². The predicted molar refractivity (Wildman–Crippen MR) is 45.4 cm³/mol. The van der Waals surface area contributed by atoms with Crippen LogP contribution in [0.2, 0.25) is 0 Å². The normalized spacial score (nSPS) is 30.1. The van der Waals surface area contributed by atoms with Crippen molar-refractivity contribution in [3.05, 3.63) is 0 Å². The molecule has 0 aliphatic carbocycles. The molecule has 1 atom stereocenters. The minimum Gasteiger partial charge on any atom is -0.381 e. The van der Waals surface area contributed by atoms with Crippen molar-refractivity contribution in [2.45, 2.75) is 19.3 Å². The molecule has 1 rings (SSSR count). The maximum atomic E-state index is 10.7. The molecule has 12 heavy (non-hydrogen) atoms. The molecule has 0 aromatic heterocycles. The van der Waals surface area contributed by atoms with Crippen LogP contribution in [-0.2, 0) is 9.53 Å². The van der Waals surface area contributed by atoms with Crippen molar-refractivity contribution >= 4 is 5.91 Å². The zero-order valence-corrected chi connectivity index (χ0v) is 7.21. The van der Waals surface area contributed by atoms with Crippen molar-refractivity contribution in [1.82, 2.24) is 0 Å². The Morgan fingerprint density at radius 1 is 1.58 bits per heavy atom. The number of rotatable bonds is 3. The molecule has 4 nitrogen and oxygen atoms in total. The van der Waals surface area contributed by atoms with Crippen molar-refractivity contribution in [2.24, 2.45) is 16.9 Å². The van der Waals surface area contributed by atoms with E-state index in [0.717, 1.165) is 19.4 Å². The van der Waals surface area contributed by atoms with Crippen molar-refractivity contribution in [3.8, 4) is 0 Å². The monoisotopic (exact) mass is 172 g/mol. The summed E-state index contributed by atoms with van der Waals surface area (Å²) in [6, 6.07) is 0. The Morgan fingerprint density at radius 3 is 2.75 bits per heavy atom. The first-order valence-corrected chi connectivity index (χ1v) is 4.25. The fourth-order valence-corrected chi connectivity index (χ4v) is 1.65. The van der Waals surface area contributed by atoms with E-state index in [1.165, 1.54) is 0 Å². The smallest absolute Gasteiger partial charge is 0.218 e. The topological polar surface area (TPSA) is 78.3 Å². The lowest BCUT2D eigenvalue weighted by Gasteiger charge is -2.34. The van der Waals surface area contributed by atoms with Crippen LogP contribution in [0.4, 0.5) is 0 Å². The minimum atomic E-state index is -0.286. The summed E-state index contributed by atoms with van der Waals surface area (Å²) in [7, 11) is 0. The van der Waals surface area contributed by atoms with Gasteiger partial charge in [0.05, 0.1) is 6.61 Å². The largest absolute Gasteiger partial charge is 0.381 e. The lowest BCUT2D eigenvalue weighted by atomic mass is 9.79. The molecular formula is C8H16N2O2. The van der Waals surface area contributed by atoms with Gasteiger partial charge in [0.25, 0.3) is 0 Å². The van der Waals surface area contributed by atoms with E-state index in [1.807, 2.05) is 0 Å². The molecule has 70 valence electrons. The number of hydrogen-bond donors (Lipinski definition) is 2. The number of carbonyl (C=O) groups excluding carboxylic acids is 1. The van der Waals surface area contributed by atoms with Gasteiger partial charge in [-0.3, -0.25) is 4.79 Å². The van der Waals surface area contributed by atoms with Gasteiger partial charge in [0.2, 0.25) is 5.91 Å². The van der Waals surface area contributed by atoms with E-state index in [9.17, 15) is 4.79 Å². The molecule has 1 unspecified atom stereocenters. The maximum absolute atomic E-state index is 10.7. The van der Waals surface area contributed by atoms with E-state index in [1.54, 1.807) is 0 Å². The molecule has 1 heterocycles. The van der Waals surface area contributed by atoms with Crippen molar-refractivity contribution < 1.29 is 9.53 Å². The van der Waals surface area contributed by atoms with Gasteiger partial charge in [0.15, 0.2) is 0 Å². The molecule has 4 heteroatoms. The molecule has 0 spiro atoms. The van der Waals surface area contributed by atoms with Gasteiger partial charge in [-0.05, 0) is 12.8 Å². The predicted octanol–water partition coefficient (Wildman–Crippen LogP) is -0.383. The third-order valence-electron chi connectivity index (χ3n) is 2.39. The molecular weight excluding hydrogens is 156 g/mol. The second-order valence-corrected chi connectivity index (χ2v) is 3.50. The third-order valence-corrected chi connectivity index (χ3v) is 2.39. The number of amides is 1. The maximum Gasteiger partial charge on any atom is 0.218 e. The van der Waals surface area contributed by atoms with E-state index in [0.29, 0.717) is 19.6 Å². The van der Waals surface area contributed by atoms with Crippen LogP contribution in [0, 0.1) is 5.41 Å². The van der Waals surface area contributed by atoms with Gasteiger partial charge in [-0.2, -0.15) is 0 Å². The Balaban J connectivity index is 2.53. The van der Waals surface area contributed by atoms with Crippen LogP contribution in [0.15, 0.2) is 0 Å². The average Bonchev–Trinajstić information content (AvgIpc) is 2.05. The molecule has 4 N–H and O–H groups in total. The molecule has 0 aromatic rings. The van der Waals surface area contributed by atoms with Crippen LogP contribution in [0.5, 0.6) is 0 Å². The molecule has 0 bridgehead atoms. The lowest BCUT2D eigenvalue weighted by Crippen LogP contribution is -2.41. The summed E-state index contributed by atoms with van der Waals surface area (Å²) in [6.45, 7) is 1.84. The summed E-state index contributed by atoms with van der Waals surface area (Å²) in [5.74, 6) is -0.286. The second kappa shape index (κ2) is 3.87. The summed E-state index contributed by atoms with van der Waals surface area (Å²) >= 11 is 0. The van der Waals surface area contributed by atoms with Gasteiger partial charge >= 0.3 is 0 Å². The number of hydrogen-bond acceptors (Lipinski definition) is 3. The van der Waals surface area contributed by atoms with E-state index < -0.39 is 0 Å². The highest BCUT2D eigenvalue weighted by atomic mass is 16.5. The number of primary amides is 1. The first kappa shape index (κ1) is 9.48. The fraction of sp³-hybridized carbons (Fsp3) is 0.875. The van der Waals surface area contributed by atoms with Crippen LogP contribution in [0.3, 0.4) is 0 Å². The standard InChI is InChI=1S/C8H16N2O2/c9-5-8(4-7(10)11)2-1-3-12-6-8/h1-6,9H2,(H2,10,11). The van der Waals surface area contributed by atoms with Gasteiger partial charge < -0.3 is 16.2 Å². The lowest BCUT2D eigenvalue weighted by molar-refractivity contribution is -0.122. The number of carbonyl (C=O) groups is 1. The van der Waals surface area contributed by atoms with E-state index in [2.05, 4.69) is 0 Å². The SMILES string of the molecule is NCC1(CC(N)=O)CCCOC1. The van der Waals surface area contributed by atoms with Crippen LogP contribution in [-0.4, -0.2) is 25.7 Å². The molecule has 1 aliphatic heterocycles. The molecule has 1 amide bonds. The van der Waals surface area contributed by atoms with Gasteiger partial charge in [0, 0.05) is 25.0 Å². The number of ether oxygens (including phenoxy) is 1. The highest BCUT2D eigenvalue weighted by Gasteiger charge is 2.32. The van der Waals surface area contributed by atoms with Crippen LogP contribution < -0.4 is 11.5 Å². The summed E-state index contributed by atoms with van der Waals surface area (Å²) in [5.41, 5.74) is 10.6. The quantitative estimate of drug-likeness (QED) is 0.609. The van der Waals surface area contributed by atoms with Crippen molar-refractivity contribution in [3.63, 3.8) is 0 Å². The highest BCUT2D eigenvalue weighted by Crippen LogP contribution is 2.30. The minimum absolute atomic E-state index is 0.177. The molecule has 1 fully saturated rings. The molecule has 0 aromatic carbocycles. The van der Waals surface area contributed by atoms with Crippen molar-refractivity contribution in [1.29, 1.82) is 0 Å². The Labute approximate surface area is 72.2 Å². The summed E-state index contributed by atoms with van der Waals surface area (Å²) in [6.07, 6.45) is 2.28. The van der Waals surface area contributed by atoms with Crippen LogP contribution in [0.1, 0.15) is 19.3 Å². The van der Waals surface area contributed by atoms with Crippen LogP contribution >= 0.6 is 0 Å². The zero-order chi connectivity index (χ0) is 9.03. The zero-order valence-electron chi connectivity index (χ0n) is 7.21.